The minimum atomic E-state index is -0.905. The monoisotopic (exact) mass is 134 g/mol. The summed E-state index contributed by atoms with van der Waals surface area (Å²) in [6, 6.07) is 0. The second kappa shape index (κ2) is 3.48. The van der Waals surface area contributed by atoms with Gasteiger partial charge in [-0.05, 0) is 0 Å². The van der Waals surface area contributed by atoms with E-state index in [1.165, 1.54) is 0 Å². The summed E-state index contributed by atoms with van der Waals surface area (Å²) in [6.07, 6.45) is 0.444. The zero-order valence-corrected chi connectivity index (χ0v) is 4.35. The predicted molar refractivity (Wildman–Crippen MR) is 27.8 cm³/mol. The molecule has 0 aliphatic carbocycles. The van der Waals surface area contributed by atoms with E-state index in [-0.39, 0.29) is 12.5 Å². The van der Waals surface area contributed by atoms with Gasteiger partial charge in [0.25, 0.3) is 0 Å². The molecule has 0 heterocycles. The molecule has 0 atom stereocenters. The highest BCUT2D eigenvalue weighted by atomic mass is 16.7. The van der Waals surface area contributed by atoms with Crippen LogP contribution in [0.25, 0.3) is 0 Å². The molecule has 0 aromatic rings. The van der Waals surface area contributed by atoms with Gasteiger partial charge in [-0.1, -0.05) is 0 Å². The van der Waals surface area contributed by atoms with Crippen LogP contribution in [0, 0.1) is 0 Å². The molecule has 4 N–H and O–H groups in total. The molecule has 0 saturated heterocycles. The zero-order chi connectivity index (χ0) is 7.28. The maximum Gasteiger partial charge on any atom is 0.320 e. The van der Waals surface area contributed by atoms with Crippen LogP contribution in [-0.2, 0) is 4.74 Å². The fraction of sp³-hybridized carbons (Fsp3) is 0. The van der Waals surface area contributed by atoms with E-state index in [4.69, 9.17) is 20.4 Å². The van der Waals surface area contributed by atoms with Gasteiger partial charge in [0.1, 0.15) is 0 Å². The Morgan fingerprint density at radius 3 is 1.56 bits per heavy atom. The summed E-state index contributed by atoms with van der Waals surface area (Å²) < 4.78 is 3.88. The summed E-state index contributed by atoms with van der Waals surface area (Å²) in [6.45, 7) is 0. The molecule has 0 aromatic heterocycles. The third-order valence-corrected chi connectivity index (χ3v) is 0.430. The summed E-state index contributed by atoms with van der Waals surface area (Å²) in [4.78, 5) is 0. The molecule has 0 spiro atoms. The lowest BCUT2D eigenvalue weighted by Crippen LogP contribution is -1.90. The number of rotatable bonds is 2. The van der Waals surface area contributed by atoms with Gasteiger partial charge in [-0.15, -0.1) is 0 Å². The average molecular weight is 134 g/mol. The first-order chi connectivity index (χ1) is 4.20. The molecule has 0 bridgehead atoms. The molecule has 0 unspecified atom stereocenters. The largest absolute Gasteiger partial charge is 0.508 e. The van der Waals surface area contributed by atoms with Crippen molar-refractivity contribution in [2.24, 2.45) is 0 Å². The molecule has 0 radical (unpaired) electrons. The van der Waals surface area contributed by atoms with Crippen molar-refractivity contribution in [2.75, 3.05) is 0 Å². The van der Waals surface area contributed by atoms with Gasteiger partial charge >= 0.3 is 11.9 Å². The number of hydrogen-bond acceptors (Lipinski definition) is 5. The van der Waals surface area contributed by atoms with Crippen molar-refractivity contribution in [1.29, 1.82) is 0 Å². The Kier molecular flexibility index (Phi) is 2.89. The first-order valence-corrected chi connectivity index (χ1v) is 1.95. The van der Waals surface area contributed by atoms with Crippen molar-refractivity contribution < 1.29 is 25.2 Å². The molecule has 0 rings (SSSR count). The van der Waals surface area contributed by atoms with Crippen LogP contribution in [0.2, 0.25) is 0 Å². The number of aliphatic hydroxyl groups is 4. The van der Waals surface area contributed by atoms with Crippen molar-refractivity contribution in [3.63, 3.8) is 0 Å². The SMILES string of the molecule is O/C=C(\O)O/C(O)=C/O. The molecule has 0 fully saturated rings. The molecule has 52 valence electrons. The molecule has 0 aliphatic heterocycles. The number of ether oxygens (including phenoxy) is 1. The van der Waals surface area contributed by atoms with Crippen LogP contribution in [0.3, 0.4) is 0 Å². The fourth-order valence-corrected chi connectivity index (χ4v) is 0.160. The minimum absolute atomic E-state index is 0.222. The second-order valence-corrected chi connectivity index (χ2v) is 1.04. The molecule has 5 nitrogen and oxygen atoms in total. The quantitative estimate of drug-likeness (QED) is 0.420. The van der Waals surface area contributed by atoms with Gasteiger partial charge in [-0.25, -0.2) is 0 Å². The maximum absolute atomic E-state index is 8.24. The number of aliphatic hydroxyl groups excluding tert-OH is 4. The van der Waals surface area contributed by atoms with Crippen molar-refractivity contribution in [1.82, 2.24) is 0 Å². The van der Waals surface area contributed by atoms with Gasteiger partial charge < -0.3 is 25.2 Å². The normalized spacial score (nSPS) is 13.3. The maximum atomic E-state index is 8.24. The van der Waals surface area contributed by atoms with Gasteiger partial charge in [0, 0.05) is 0 Å². The van der Waals surface area contributed by atoms with Crippen LogP contribution >= 0.6 is 0 Å². The standard InChI is InChI=1S/C4H6O5/c5-1-3(7)9-4(8)2-6/h1-2,5-8H/b3-1+,4-2+. The molecular formula is C4H6O5. The second-order valence-electron chi connectivity index (χ2n) is 1.04. The first kappa shape index (κ1) is 7.48. The molecule has 0 amide bonds. The van der Waals surface area contributed by atoms with E-state index in [9.17, 15) is 0 Å². The van der Waals surface area contributed by atoms with Crippen molar-refractivity contribution in [3.8, 4) is 0 Å². The van der Waals surface area contributed by atoms with Gasteiger partial charge in [-0.2, -0.15) is 0 Å². The topological polar surface area (TPSA) is 90.2 Å². The third-order valence-electron chi connectivity index (χ3n) is 0.430. The molecule has 0 saturated carbocycles. The Hall–Kier alpha value is -1.52. The molecule has 0 aromatic carbocycles. The fourth-order valence-electron chi connectivity index (χ4n) is 0.160. The minimum Gasteiger partial charge on any atom is -0.508 e. The molecule has 5 heteroatoms. The lowest BCUT2D eigenvalue weighted by Gasteiger charge is -1.97. The summed E-state index contributed by atoms with van der Waals surface area (Å²) in [5.74, 6) is -1.81. The highest BCUT2D eigenvalue weighted by Gasteiger charge is 1.95. The average Bonchev–Trinajstić information content (AvgIpc) is 1.87. The summed E-state index contributed by atoms with van der Waals surface area (Å²) in [5, 5.41) is 32.3. The van der Waals surface area contributed by atoms with E-state index in [0.29, 0.717) is 0 Å². The van der Waals surface area contributed by atoms with Crippen molar-refractivity contribution in [2.45, 2.75) is 0 Å². The third kappa shape index (κ3) is 3.10. The van der Waals surface area contributed by atoms with E-state index < -0.39 is 11.9 Å². The Morgan fingerprint density at radius 1 is 1.00 bits per heavy atom. The predicted octanol–water partition coefficient (Wildman–Crippen LogP) is 0.833. The van der Waals surface area contributed by atoms with E-state index in [0.717, 1.165) is 0 Å². The molecule has 9 heavy (non-hydrogen) atoms. The Labute approximate surface area is 50.7 Å². The van der Waals surface area contributed by atoms with Gasteiger partial charge in [0.2, 0.25) is 0 Å². The van der Waals surface area contributed by atoms with E-state index in [1.54, 1.807) is 0 Å². The first-order valence-electron chi connectivity index (χ1n) is 1.95. The van der Waals surface area contributed by atoms with E-state index in [1.807, 2.05) is 0 Å². The van der Waals surface area contributed by atoms with Gasteiger partial charge in [0.15, 0.2) is 12.5 Å². The van der Waals surface area contributed by atoms with E-state index >= 15 is 0 Å². The summed E-state index contributed by atoms with van der Waals surface area (Å²) in [5.41, 5.74) is 0. The summed E-state index contributed by atoms with van der Waals surface area (Å²) >= 11 is 0. The zero-order valence-electron chi connectivity index (χ0n) is 4.35. The Bertz CT molecular complexity index is 120. The number of hydrogen-bond donors (Lipinski definition) is 4. The van der Waals surface area contributed by atoms with Crippen LogP contribution in [-0.4, -0.2) is 20.4 Å². The Balaban J connectivity index is 3.75. The van der Waals surface area contributed by atoms with Crippen LogP contribution in [0.15, 0.2) is 24.4 Å². The van der Waals surface area contributed by atoms with Crippen molar-refractivity contribution >= 4 is 0 Å². The van der Waals surface area contributed by atoms with Gasteiger partial charge in [-0.3, -0.25) is 0 Å². The van der Waals surface area contributed by atoms with E-state index in [2.05, 4.69) is 4.74 Å². The molecular weight excluding hydrogens is 128 g/mol. The van der Waals surface area contributed by atoms with Crippen LogP contribution in [0.1, 0.15) is 0 Å². The molecule has 0 aliphatic rings. The lowest BCUT2D eigenvalue weighted by molar-refractivity contribution is 0.0527. The van der Waals surface area contributed by atoms with Crippen molar-refractivity contribution in [3.05, 3.63) is 24.4 Å². The highest BCUT2D eigenvalue weighted by molar-refractivity contribution is 4.80. The Morgan fingerprint density at radius 2 is 1.33 bits per heavy atom. The highest BCUT2D eigenvalue weighted by Crippen LogP contribution is 1.96. The van der Waals surface area contributed by atoms with Crippen LogP contribution in [0.4, 0.5) is 0 Å². The van der Waals surface area contributed by atoms with Crippen LogP contribution < -0.4 is 0 Å². The smallest absolute Gasteiger partial charge is 0.320 e. The summed E-state index contributed by atoms with van der Waals surface area (Å²) in [7, 11) is 0. The van der Waals surface area contributed by atoms with Crippen LogP contribution in [0.5, 0.6) is 0 Å². The van der Waals surface area contributed by atoms with Gasteiger partial charge in [0.05, 0.1) is 0 Å². The lowest BCUT2D eigenvalue weighted by atomic mass is 10.9.